The molecule has 1 aliphatic carbocycles. The second kappa shape index (κ2) is 7.87. The Hall–Kier alpha value is -1.75. The third kappa shape index (κ3) is 3.68. The molecule has 26 heavy (non-hydrogen) atoms. The van der Waals surface area contributed by atoms with Crippen molar-refractivity contribution in [2.45, 2.75) is 44.6 Å². The van der Waals surface area contributed by atoms with Gasteiger partial charge in [0.2, 0.25) is 5.91 Å². The van der Waals surface area contributed by atoms with Crippen LogP contribution in [0.5, 0.6) is 11.5 Å². The molecule has 1 atom stereocenters. The highest BCUT2D eigenvalue weighted by Gasteiger charge is 2.33. The molecule has 2 heterocycles. The standard InChI is InChI=1S/C21H30N2O3/c1-25-19-7-8-20-16(14-19)13-17(15-26-20)21(24)23-11-9-22(10-12-23)18-5-3-2-4-6-18/h7-8,14,17-18H,2-6,9-13,15H2,1H3. The number of hydrogen-bond acceptors (Lipinski definition) is 4. The molecular formula is C21H30N2O3. The van der Waals surface area contributed by atoms with Crippen molar-refractivity contribution in [2.75, 3.05) is 39.9 Å². The molecule has 142 valence electrons. The van der Waals surface area contributed by atoms with Crippen LogP contribution in [0.3, 0.4) is 0 Å². The normalized spacial score (nSPS) is 24.7. The second-order valence-electron chi connectivity index (χ2n) is 7.84. The zero-order valence-corrected chi connectivity index (χ0v) is 15.8. The maximum atomic E-state index is 13.0. The molecule has 0 bridgehead atoms. The zero-order chi connectivity index (χ0) is 17.9. The average Bonchev–Trinajstić information content (AvgIpc) is 2.73. The van der Waals surface area contributed by atoms with E-state index in [9.17, 15) is 4.79 Å². The van der Waals surface area contributed by atoms with Gasteiger partial charge in [0.05, 0.1) is 13.0 Å². The van der Waals surface area contributed by atoms with Gasteiger partial charge in [0.1, 0.15) is 18.1 Å². The van der Waals surface area contributed by atoms with Gasteiger partial charge in [-0.25, -0.2) is 0 Å². The van der Waals surface area contributed by atoms with Gasteiger partial charge in [-0.2, -0.15) is 0 Å². The summed E-state index contributed by atoms with van der Waals surface area (Å²) in [5.74, 6) is 1.89. The highest BCUT2D eigenvalue weighted by Crippen LogP contribution is 2.31. The molecule has 2 fully saturated rings. The van der Waals surface area contributed by atoms with Crippen molar-refractivity contribution >= 4 is 5.91 Å². The fraction of sp³-hybridized carbons (Fsp3) is 0.667. The average molecular weight is 358 g/mol. The van der Waals surface area contributed by atoms with E-state index < -0.39 is 0 Å². The SMILES string of the molecule is COc1ccc2c(c1)CC(C(=O)N1CCN(C3CCCCC3)CC1)CO2. The summed E-state index contributed by atoms with van der Waals surface area (Å²) < 4.78 is 11.2. The van der Waals surface area contributed by atoms with Crippen LogP contribution in [0, 0.1) is 5.92 Å². The van der Waals surface area contributed by atoms with Crippen LogP contribution >= 0.6 is 0 Å². The maximum Gasteiger partial charge on any atom is 0.229 e. The number of ether oxygens (including phenoxy) is 2. The molecule has 2 aliphatic heterocycles. The van der Waals surface area contributed by atoms with Crippen LogP contribution in [-0.2, 0) is 11.2 Å². The Labute approximate surface area is 156 Å². The molecule has 5 nitrogen and oxygen atoms in total. The van der Waals surface area contributed by atoms with E-state index in [0.29, 0.717) is 6.61 Å². The lowest BCUT2D eigenvalue weighted by molar-refractivity contribution is -0.139. The number of benzene rings is 1. The molecule has 1 aromatic carbocycles. The molecule has 1 aromatic rings. The first-order chi connectivity index (χ1) is 12.7. The molecule has 1 saturated heterocycles. The summed E-state index contributed by atoms with van der Waals surface area (Å²) in [5, 5.41) is 0. The van der Waals surface area contributed by atoms with E-state index in [4.69, 9.17) is 9.47 Å². The van der Waals surface area contributed by atoms with Gasteiger partial charge in [-0.3, -0.25) is 9.69 Å². The Kier molecular flexibility index (Phi) is 5.34. The summed E-state index contributed by atoms with van der Waals surface area (Å²) in [4.78, 5) is 17.7. The predicted octanol–water partition coefficient (Wildman–Crippen LogP) is 2.72. The first-order valence-electron chi connectivity index (χ1n) is 10.1. The van der Waals surface area contributed by atoms with Crippen LogP contribution in [-0.4, -0.2) is 61.6 Å². The van der Waals surface area contributed by atoms with Crippen molar-refractivity contribution in [3.05, 3.63) is 23.8 Å². The van der Waals surface area contributed by atoms with Crippen molar-refractivity contribution < 1.29 is 14.3 Å². The molecule has 0 radical (unpaired) electrons. The molecular weight excluding hydrogens is 328 g/mol. The Morgan fingerprint density at radius 1 is 1.12 bits per heavy atom. The van der Waals surface area contributed by atoms with E-state index in [-0.39, 0.29) is 11.8 Å². The van der Waals surface area contributed by atoms with Gasteiger partial charge in [-0.1, -0.05) is 19.3 Å². The number of hydrogen-bond donors (Lipinski definition) is 0. The van der Waals surface area contributed by atoms with Gasteiger partial charge in [0.25, 0.3) is 0 Å². The molecule has 1 saturated carbocycles. The lowest BCUT2D eigenvalue weighted by Crippen LogP contribution is -2.54. The molecule has 5 heteroatoms. The number of nitrogens with zero attached hydrogens (tertiary/aromatic N) is 2. The monoisotopic (exact) mass is 358 g/mol. The lowest BCUT2D eigenvalue weighted by atomic mass is 9.93. The number of carbonyl (C=O) groups is 1. The molecule has 0 spiro atoms. The summed E-state index contributed by atoms with van der Waals surface area (Å²) in [6.45, 7) is 4.25. The van der Waals surface area contributed by atoms with E-state index in [1.807, 2.05) is 18.2 Å². The molecule has 3 aliphatic rings. The van der Waals surface area contributed by atoms with Gasteiger partial charge in [-0.15, -0.1) is 0 Å². The minimum atomic E-state index is -0.0733. The Morgan fingerprint density at radius 2 is 1.88 bits per heavy atom. The summed E-state index contributed by atoms with van der Waals surface area (Å²) in [6.07, 6.45) is 7.54. The van der Waals surface area contributed by atoms with Crippen LogP contribution in [0.25, 0.3) is 0 Å². The van der Waals surface area contributed by atoms with Crippen LogP contribution in [0.1, 0.15) is 37.7 Å². The minimum absolute atomic E-state index is 0.0733. The van der Waals surface area contributed by atoms with Crippen LogP contribution in [0.2, 0.25) is 0 Å². The van der Waals surface area contributed by atoms with Gasteiger partial charge >= 0.3 is 0 Å². The number of rotatable bonds is 3. The van der Waals surface area contributed by atoms with Crippen LogP contribution in [0.4, 0.5) is 0 Å². The third-order valence-corrected chi connectivity index (χ3v) is 6.24. The largest absolute Gasteiger partial charge is 0.497 e. The highest BCUT2D eigenvalue weighted by molar-refractivity contribution is 5.80. The van der Waals surface area contributed by atoms with Gasteiger partial charge in [0.15, 0.2) is 0 Å². The van der Waals surface area contributed by atoms with Crippen LogP contribution in [0.15, 0.2) is 18.2 Å². The first-order valence-corrected chi connectivity index (χ1v) is 10.1. The van der Waals surface area contributed by atoms with E-state index >= 15 is 0 Å². The number of carbonyl (C=O) groups excluding carboxylic acids is 1. The van der Waals surface area contributed by atoms with Crippen molar-refractivity contribution in [3.8, 4) is 11.5 Å². The number of methoxy groups -OCH3 is 1. The van der Waals surface area contributed by atoms with Crippen molar-refractivity contribution in [2.24, 2.45) is 5.92 Å². The second-order valence-corrected chi connectivity index (χ2v) is 7.84. The quantitative estimate of drug-likeness (QED) is 0.833. The van der Waals surface area contributed by atoms with Crippen molar-refractivity contribution in [1.82, 2.24) is 9.80 Å². The van der Waals surface area contributed by atoms with E-state index in [1.165, 1.54) is 32.1 Å². The maximum absolute atomic E-state index is 13.0. The van der Waals surface area contributed by atoms with E-state index in [0.717, 1.165) is 55.7 Å². The molecule has 0 aromatic heterocycles. The lowest BCUT2D eigenvalue weighted by Gasteiger charge is -2.41. The van der Waals surface area contributed by atoms with Gasteiger partial charge in [0, 0.05) is 32.2 Å². The number of amides is 1. The van der Waals surface area contributed by atoms with Gasteiger partial charge < -0.3 is 14.4 Å². The Bertz CT molecular complexity index is 634. The highest BCUT2D eigenvalue weighted by atomic mass is 16.5. The molecule has 1 unspecified atom stereocenters. The van der Waals surface area contributed by atoms with Crippen molar-refractivity contribution in [1.29, 1.82) is 0 Å². The zero-order valence-electron chi connectivity index (χ0n) is 15.8. The smallest absolute Gasteiger partial charge is 0.229 e. The van der Waals surface area contributed by atoms with Gasteiger partial charge in [-0.05, 0) is 43.0 Å². The van der Waals surface area contributed by atoms with Crippen LogP contribution < -0.4 is 9.47 Å². The summed E-state index contributed by atoms with van der Waals surface area (Å²) >= 11 is 0. The van der Waals surface area contributed by atoms with E-state index in [1.54, 1.807) is 7.11 Å². The summed E-state index contributed by atoms with van der Waals surface area (Å²) in [6, 6.07) is 6.59. The third-order valence-electron chi connectivity index (χ3n) is 6.24. The number of piperazine rings is 1. The summed E-state index contributed by atoms with van der Waals surface area (Å²) in [5.41, 5.74) is 1.08. The van der Waals surface area contributed by atoms with E-state index in [2.05, 4.69) is 9.80 Å². The molecule has 0 N–H and O–H groups in total. The summed E-state index contributed by atoms with van der Waals surface area (Å²) in [7, 11) is 1.67. The van der Waals surface area contributed by atoms with Crippen molar-refractivity contribution in [3.63, 3.8) is 0 Å². The fourth-order valence-electron chi connectivity index (χ4n) is 4.67. The predicted molar refractivity (Wildman–Crippen MR) is 101 cm³/mol. The number of fused-ring (bicyclic) bond motifs is 1. The first kappa shape index (κ1) is 17.7. The molecule has 4 rings (SSSR count). The Morgan fingerprint density at radius 3 is 2.62 bits per heavy atom. The fourth-order valence-corrected chi connectivity index (χ4v) is 4.67. The minimum Gasteiger partial charge on any atom is -0.497 e. The Balaban J connectivity index is 1.33. The molecule has 1 amide bonds. The topological polar surface area (TPSA) is 42.0 Å².